The quantitative estimate of drug-likeness (QED) is 0.750. The number of hydrogen-bond acceptors (Lipinski definition) is 3. The fourth-order valence-corrected chi connectivity index (χ4v) is 4.96. The fraction of sp³-hybridized carbons (Fsp3) is 0.409. The van der Waals surface area contributed by atoms with Crippen molar-refractivity contribution in [2.75, 3.05) is 18.4 Å². The third kappa shape index (κ3) is 4.62. The van der Waals surface area contributed by atoms with E-state index >= 15 is 0 Å². The van der Waals surface area contributed by atoms with E-state index in [1.54, 1.807) is 12.1 Å². The van der Waals surface area contributed by atoms with E-state index in [1.807, 2.05) is 31.2 Å². The Morgan fingerprint density at radius 3 is 2.39 bits per heavy atom. The van der Waals surface area contributed by atoms with Gasteiger partial charge >= 0.3 is 0 Å². The van der Waals surface area contributed by atoms with Crippen LogP contribution in [-0.2, 0) is 16.4 Å². The number of rotatable bonds is 7. The van der Waals surface area contributed by atoms with E-state index in [0.29, 0.717) is 24.3 Å². The monoisotopic (exact) mass is 400 g/mol. The van der Waals surface area contributed by atoms with Crippen molar-refractivity contribution in [1.82, 2.24) is 4.31 Å². The average molecular weight is 401 g/mol. The Morgan fingerprint density at radius 2 is 1.75 bits per heavy atom. The summed E-state index contributed by atoms with van der Waals surface area (Å²) in [6.45, 7) is 5.06. The van der Waals surface area contributed by atoms with Crippen molar-refractivity contribution in [3.63, 3.8) is 0 Å². The zero-order valence-corrected chi connectivity index (χ0v) is 17.4. The maximum Gasteiger partial charge on any atom is 0.255 e. The molecule has 6 heteroatoms. The van der Waals surface area contributed by atoms with Crippen LogP contribution in [0.15, 0.2) is 47.4 Å². The first-order valence-corrected chi connectivity index (χ1v) is 11.4. The molecule has 28 heavy (non-hydrogen) atoms. The Bertz CT molecular complexity index is 931. The molecule has 2 aromatic carbocycles. The van der Waals surface area contributed by atoms with Gasteiger partial charge in [0.15, 0.2) is 0 Å². The SMILES string of the molecule is CCCCc1ccc(NC(=O)c2cc(S(=O)(=O)N3CCCC3)ccc2C)cc1. The topological polar surface area (TPSA) is 66.5 Å². The molecule has 0 atom stereocenters. The summed E-state index contributed by atoms with van der Waals surface area (Å²) in [6.07, 6.45) is 5.08. The van der Waals surface area contributed by atoms with Crippen LogP contribution < -0.4 is 5.32 Å². The first-order valence-electron chi connectivity index (χ1n) is 9.93. The van der Waals surface area contributed by atoms with Crippen LogP contribution in [0, 0.1) is 6.92 Å². The van der Waals surface area contributed by atoms with E-state index < -0.39 is 10.0 Å². The second kappa shape index (κ2) is 8.88. The van der Waals surface area contributed by atoms with Gasteiger partial charge in [-0.05, 0) is 68.0 Å². The molecule has 0 radical (unpaired) electrons. The van der Waals surface area contributed by atoms with E-state index in [4.69, 9.17) is 0 Å². The Balaban J connectivity index is 1.78. The molecular weight excluding hydrogens is 372 g/mol. The van der Waals surface area contributed by atoms with Gasteiger partial charge in [0.1, 0.15) is 0 Å². The van der Waals surface area contributed by atoms with Crippen LogP contribution in [0.25, 0.3) is 0 Å². The van der Waals surface area contributed by atoms with E-state index in [0.717, 1.165) is 37.7 Å². The van der Waals surface area contributed by atoms with Crippen LogP contribution in [0.2, 0.25) is 0 Å². The lowest BCUT2D eigenvalue weighted by Gasteiger charge is -2.17. The largest absolute Gasteiger partial charge is 0.322 e. The molecular formula is C22H28N2O3S. The number of nitrogens with one attached hydrogen (secondary N) is 1. The van der Waals surface area contributed by atoms with Crippen LogP contribution in [-0.4, -0.2) is 31.7 Å². The van der Waals surface area contributed by atoms with E-state index in [9.17, 15) is 13.2 Å². The van der Waals surface area contributed by atoms with Crippen molar-refractivity contribution in [1.29, 1.82) is 0 Å². The fourth-order valence-electron chi connectivity index (χ4n) is 3.42. The normalized spacial score (nSPS) is 14.9. The molecule has 0 aromatic heterocycles. The highest BCUT2D eigenvalue weighted by Crippen LogP contribution is 2.24. The number of amides is 1. The Kier molecular flexibility index (Phi) is 6.52. The van der Waals surface area contributed by atoms with Crippen molar-refractivity contribution in [2.45, 2.75) is 50.8 Å². The van der Waals surface area contributed by atoms with Crippen molar-refractivity contribution in [3.8, 4) is 0 Å². The summed E-state index contributed by atoms with van der Waals surface area (Å²) >= 11 is 0. The Labute approximate surface area is 167 Å². The molecule has 1 amide bonds. The number of unbranched alkanes of at least 4 members (excludes halogenated alkanes) is 1. The number of benzene rings is 2. The first-order chi connectivity index (χ1) is 13.4. The van der Waals surface area contributed by atoms with Crippen LogP contribution in [0.5, 0.6) is 0 Å². The molecule has 0 unspecified atom stereocenters. The van der Waals surface area contributed by atoms with Crippen molar-refractivity contribution >= 4 is 21.6 Å². The van der Waals surface area contributed by atoms with E-state index in [-0.39, 0.29) is 10.8 Å². The highest BCUT2D eigenvalue weighted by molar-refractivity contribution is 7.89. The number of anilines is 1. The molecule has 1 heterocycles. The molecule has 1 saturated heterocycles. The summed E-state index contributed by atoms with van der Waals surface area (Å²) < 4.78 is 27.1. The third-order valence-corrected chi connectivity index (χ3v) is 7.08. The number of aryl methyl sites for hydroxylation is 2. The lowest BCUT2D eigenvalue weighted by atomic mass is 10.1. The maximum absolute atomic E-state index is 12.8. The maximum atomic E-state index is 12.8. The van der Waals surface area contributed by atoms with Gasteiger partial charge in [0.25, 0.3) is 5.91 Å². The molecule has 0 bridgehead atoms. The summed E-state index contributed by atoms with van der Waals surface area (Å²) in [5, 5.41) is 2.88. The number of hydrogen-bond donors (Lipinski definition) is 1. The standard InChI is InChI=1S/C22H28N2O3S/c1-3-4-7-18-9-11-19(12-10-18)23-22(25)21-16-20(13-8-17(21)2)28(26,27)24-14-5-6-15-24/h8-13,16H,3-7,14-15H2,1-2H3,(H,23,25). The molecule has 1 aliphatic heterocycles. The number of carbonyl (C=O) groups excluding carboxylic acids is 1. The number of carbonyl (C=O) groups is 1. The van der Waals surface area contributed by atoms with Gasteiger partial charge in [-0.2, -0.15) is 4.31 Å². The number of nitrogens with zero attached hydrogens (tertiary/aromatic N) is 1. The summed E-state index contributed by atoms with van der Waals surface area (Å²) in [5.74, 6) is -0.294. The molecule has 150 valence electrons. The van der Waals surface area contributed by atoms with Crippen LogP contribution in [0.3, 0.4) is 0 Å². The molecule has 2 aromatic rings. The zero-order valence-electron chi connectivity index (χ0n) is 16.6. The Hall–Kier alpha value is -2.18. The predicted octanol–water partition coefficient (Wildman–Crippen LogP) is 4.37. The predicted molar refractivity (Wildman–Crippen MR) is 112 cm³/mol. The van der Waals surface area contributed by atoms with Gasteiger partial charge in [-0.15, -0.1) is 0 Å². The van der Waals surface area contributed by atoms with Gasteiger partial charge in [-0.1, -0.05) is 31.5 Å². The van der Waals surface area contributed by atoms with Crippen LogP contribution in [0.1, 0.15) is 54.1 Å². The second-order valence-electron chi connectivity index (χ2n) is 7.34. The Morgan fingerprint density at radius 1 is 1.07 bits per heavy atom. The molecule has 5 nitrogen and oxygen atoms in total. The van der Waals surface area contributed by atoms with Crippen LogP contribution >= 0.6 is 0 Å². The minimum absolute atomic E-state index is 0.181. The summed E-state index contributed by atoms with van der Waals surface area (Å²) in [6, 6.07) is 12.6. The lowest BCUT2D eigenvalue weighted by molar-refractivity contribution is 0.102. The molecule has 0 aliphatic carbocycles. The van der Waals surface area contributed by atoms with Gasteiger partial charge in [0, 0.05) is 24.3 Å². The van der Waals surface area contributed by atoms with Gasteiger partial charge in [0.05, 0.1) is 4.90 Å². The van der Waals surface area contributed by atoms with Crippen molar-refractivity contribution < 1.29 is 13.2 Å². The van der Waals surface area contributed by atoms with Gasteiger partial charge in [-0.25, -0.2) is 8.42 Å². The average Bonchev–Trinajstić information content (AvgIpc) is 3.23. The van der Waals surface area contributed by atoms with Gasteiger partial charge < -0.3 is 5.32 Å². The molecule has 1 aliphatic rings. The van der Waals surface area contributed by atoms with Crippen molar-refractivity contribution in [2.24, 2.45) is 0 Å². The first kappa shape index (κ1) is 20.6. The van der Waals surface area contributed by atoms with Gasteiger partial charge in [-0.3, -0.25) is 4.79 Å². The smallest absolute Gasteiger partial charge is 0.255 e. The summed E-state index contributed by atoms with van der Waals surface area (Å²) in [5.41, 5.74) is 3.08. The van der Waals surface area contributed by atoms with E-state index in [2.05, 4.69) is 12.2 Å². The second-order valence-corrected chi connectivity index (χ2v) is 9.28. The summed E-state index contributed by atoms with van der Waals surface area (Å²) in [4.78, 5) is 13.0. The molecule has 1 fully saturated rings. The highest BCUT2D eigenvalue weighted by Gasteiger charge is 2.28. The molecule has 0 spiro atoms. The minimum Gasteiger partial charge on any atom is -0.322 e. The van der Waals surface area contributed by atoms with Crippen molar-refractivity contribution in [3.05, 3.63) is 59.2 Å². The molecule has 0 saturated carbocycles. The zero-order chi connectivity index (χ0) is 20.1. The summed E-state index contributed by atoms with van der Waals surface area (Å²) in [7, 11) is -3.55. The third-order valence-electron chi connectivity index (χ3n) is 5.19. The number of sulfonamides is 1. The van der Waals surface area contributed by atoms with E-state index in [1.165, 1.54) is 15.9 Å². The lowest BCUT2D eigenvalue weighted by Crippen LogP contribution is -2.28. The van der Waals surface area contributed by atoms with Gasteiger partial charge in [0.2, 0.25) is 10.0 Å². The molecule has 3 rings (SSSR count). The van der Waals surface area contributed by atoms with Crippen LogP contribution in [0.4, 0.5) is 5.69 Å². The minimum atomic E-state index is -3.55. The highest BCUT2D eigenvalue weighted by atomic mass is 32.2. The molecule has 1 N–H and O–H groups in total.